The monoisotopic (exact) mass is 253 g/mol. The first kappa shape index (κ1) is 14.3. The van der Waals surface area contributed by atoms with E-state index in [0.717, 1.165) is 0 Å². The molecule has 0 heterocycles. The van der Waals surface area contributed by atoms with E-state index in [1.807, 2.05) is 0 Å². The average molecular weight is 253 g/mol. The molecule has 0 spiro atoms. The Morgan fingerprint density at radius 2 is 2.18 bits per heavy atom. The molecular formula is C11H18F3NO2. The largest absolute Gasteiger partial charge is 0.465 e. The number of rotatable bonds is 3. The van der Waals surface area contributed by atoms with Crippen LogP contribution in [0.5, 0.6) is 0 Å². The summed E-state index contributed by atoms with van der Waals surface area (Å²) in [5, 5.41) is 2.73. The molecule has 2 unspecified atom stereocenters. The molecule has 0 aliphatic heterocycles. The standard InChI is InChI=1S/C11H18F3NO2/c1-3-17-9(16)10(15-2)6-4-5-8(7-10)11(12,13)14/h8,15H,3-7H2,1-2H3. The Bertz CT molecular complexity index is 280. The fourth-order valence-electron chi connectivity index (χ4n) is 2.34. The Balaban J connectivity index is 2.82. The number of carbonyl (C=O) groups excluding carboxylic acids is 1. The van der Waals surface area contributed by atoms with Gasteiger partial charge in [0.2, 0.25) is 0 Å². The fraction of sp³-hybridized carbons (Fsp3) is 0.909. The summed E-state index contributed by atoms with van der Waals surface area (Å²) < 4.78 is 42.9. The third-order valence-corrected chi connectivity index (χ3v) is 3.36. The van der Waals surface area contributed by atoms with E-state index in [1.165, 1.54) is 7.05 Å². The van der Waals surface area contributed by atoms with Crippen LogP contribution in [0.4, 0.5) is 13.2 Å². The highest BCUT2D eigenvalue weighted by Crippen LogP contribution is 2.42. The molecular weight excluding hydrogens is 235 g/mol. The zero-order valence-corrected chi connectivity index (χ0v) is 10.1. The van der Waals surface area contributed by atoms with Crippen LogP contribution in [-0.4, -0.2) is 31.3 Å². The van der Waals surface area contributed by atoms with Crippen LogP contribution < -0.4 is 5.32 Å². The van der Waals surface area contributed by atoms with Crippen molar-refractivity contribution in [3.8, 4) is 0 Å². The lowest BCUT2D eigenvalue weighted by molar-refractivity contribution is -0.192. The molecule has 0 aromatic heterocycles. The van der Waals surface area contributed by atoms with E-state index in [4.69, 9.17) is 4.74 Å². The highest BCUT2D eigenvalue weighted by molar-refractivity contribution is 5.81. The fourth-order valence-corrected chi connectivity index (χ4v) is 2.34. The number of hydrogen-bond donors (Lipinski definition) is 1. The quantitative estimate of drug-likeness (QED) is 0.784. The Morgan fingerprint density at radius 1 is 1.53 bits per heavy atom. The highest BCUT2D eigenvalue weighted by Gasteiger charge is 2.50. The van der Waals surface area contributed by atoms with Crippen LogP contribution in [0.25, 0.3) is 0 Å². The van der Waals surface area contributed by atoms with Gasteiger partial charge in [0.05, 0.1) is 12.5 Å². The van der Waals surface area contributed by atoms with Gasteiger partial charge < -0.3 is 10.1 Å². The Labute approximate surface area is 98.7 Å². The van der Waals surface area contributed by atoms with Crippen LogP contribution >= 0.6 is 0 Å². The topological polar surface area (TPSA) is 38.3 Å². The van der Waals surface area contributed by atoms with Gasteiger partial charge in [-0.1, -0.05) is 6.42 Å². The first-order valence-electron chi connectivity index (χ1n) is 5.78. The van der Waals surface area contributed by atoms with E-state index in [2.05, 4.69) is 5.32 Å². The highest BCUT2D eigenvalue weighted by atomic mass is 19.4. The number of hydrogen-bond acceptors (Lipinski definition) is 3. The molecule has 0 radical (unpaired) electrons. The third kappa shape index (κ3) is 3.12. The molecule has 0 aromatic carbocycles. The van der Waals surface area contributed by atoms with E-state index < -0.39 is 23.6 Å². The number of nitrogens with one attached hydrogen (secondary N) is 1. The Morgan fingerprint density at radius 3 is 2.65 bits per heavy atom. The SMILES string of the molecule is CCOC(=O)C1(NC)CCCC(C(F)(F)F)C1. The lowest BCUT2D eigenvalue weighted by Crippen LogP contribution is -2.55. The first-order valence-corrected chi connectivity index (χ1v) is 5.78. The van der Waals surface area contributed by atoms with E-state index in [0.29, 0.717) is 12.8 Å². The average Bonchev–Trinajstić information content (AvgIpc) is 2.28. The van der Waals surface area contributed by atoms with Crippen LogP contribution in [0.1, 0.15) is 32.6 Å². The molecule has 17 heavy (non-hydrogen) atoms. The summed E-state index contributed by atoms with van der Waals surface area (Å²) in [6.07, 6.45) is -3.61. The van der Waals surface area contributed by atoms with E-state index in [1.54, 1.807) is 6.92 Å². The molecule has 1 aliphatic rings. The van der Waals surface area contributed by atoms with Gasteiger partial charge in [-0.05, 0) is 33.2 Å². The third-order valence-electron chi connectivity index (χ3n) is 3.36. The maximum Gasteiger partial charge on any atom is 0.391 e. The van der Waals surface area contributed by atoms with Gasteiger partial charge in [0.1, 0.15) is 5.54 Å². The summed E-state index contributed by atoms with van der Waals surface area (Å²) >= 11 is 0. The van der Waals surface area contributed by atoms with Gasteiger partial charge in [-0.25, -0.2) is 0 Å². The first-order chi connectivity index (χ1) is 7.85. The predicted octanol–water partition coefficient (Wildman–Crippen LogP) is 2.26. The minimum Gasteiger partial charge on any atom is -0.465 e. The molecule has 1 aliphatic carbocycles. The van der Waals surface area contributed by atoms with Gasteiger partial charge in [0.25, 0.3) is 0 Å². The van der Waals surface area contributed by atoms with Crippen LogP contribution in [0, 0.1) is 5.92 Å². The van der Waals surface area contributed by atoms with Crippen molar-refractivity contribution in [2.75, 3.05) is 13.7 Å². The van der Waals surface area contributed by atoms with Crippen molar-refractivity contribution in [2.45, 2.75) is 44.3 Å². The normalized spacial score (nSPS) is 30.1. The smallest absolute Gasteiger partial charge is 0.391 e. The van der Waals surface area contributed by atoms with Crippen LogP contribution in [0.2, 0.25) is 0 Å². The van der Waals surface area contributed by atoms with Gasteiger partial charge in [0, 0.05) is 0 Å². The molecule has 0 bridgehead atoms. The number of likely N-dealkylation sites (N-methyl/N-ethyl adjacent to an activating group) is 1. The van der Waals surface area contributed by atoms with Crippen LogP contribution in [-0.2, 0) is 9.53 Å². The minimum atomic E-state index is -4.24. The summed E-state index contributed by atoms with van der Waals surface area (Å²) in [6, 6.07) is 0. The summed E-state index contributed by atoms with van der Waals surface area (Å²) in [5.74, 6) is -2.00. The molecule has 6 heteroatoms. The second kappa shape index (κ2) is 5.25. The van der Waals surface area contributed by atoms with Crippen LogP contribution in [0.15, 0.2) is 0 Å². The number of esters is 1. The van der Waals surface area contributed by atoms with Crippen molar-refractivity contribution < 1.29 is 22.7 Å². The van der Waals surface area contributed by atoms with Crippen molar-refractivity contribution in [1.29, 1.82) is 0 Å². The van der Waals surface area contributed by atoms with Gasteiger partial charge in [0.15, 0.2) is 0 Å². The molecule has 1 rings (SSSR count). The van der Waals surface area contributed by atoms with E-state index in [9.17, 15) is 18.0 Å². The molecule has 2 atom stereocenters. The van der Waals surface area contributed by atoms with Gasteiger partial charge >= 0.3 is 12.1 Å². The lowest BCUT2D eigenvalue weighted by Gasteiger charge is -2.39. The maximum atomic E-state index is 12.7. The van der Waals surface area contributed by atoms with E-state index in [-0.39, 0.29) is 19.4 Å². The molecule has 3 nitrogen and oxygen atoms in total. The van der Waals surface area contributed by atoms with Crippen LogP contribution in [0.3, 0.4) is 0 Å². The molecule has 100 valence electrons. The van der Waals surface area contributed by atoms with Crippen molar-refractivity contribution in [1.82, 2.24) is 5.32 Å². The lowest BCUT2D eigenvalue weighted by atomic mass is 9.75. The number of alkyl halides is 3. The molecule has 1 saturated carbocycles. The zero-order chi connectivity index (χ0) is 13.1. The summed E-state index contributed by atoms with van der Waals surface area (Å²) in [5.41, 5.74) is -1.17. The Kier molecular flexibility index (Phi) is 4.41. The summed E-state index contributed by atoms with van der Waals surface area (Å²) in [6.45, 7) is 1.82. The number of halogens is 3. The van der Waals surface area contributed by atoms with Crippen molar-refractivity contribution in [3.63, 3.8) is 0 Å². The second-order valence-electron chi connectivity index (χ2n) is 4.39. The zero-order valence-electron chi connectivity index (χ0n) is 10.1. The maximum absolute atomic E-state index is 12.7. The predicted molar refractivity (Wildman–Crippen MR) is 56.4 cm³/mol. The molecule has 0 amide bonds. The number of carbonyl (C=O) groups is 1. The molecule has 1 fully saturated rings. The molecule has 0 saturated heterocycles. The molecule has 1 N–H and O–H groups in total. The second-order valence-corrected chi connectivity index (χ2v) is 4.39. The van der Waals surface area contributed by atoms with E-state index >= 15 is 0 Å². The Hall–Kier alpha value is -0.780. The number of ether oxygens (including phenoxy) is 1. The molecule has 0 aromatic rings. The minimum absolute atomic E-state index is 0.0896. The van der Waals surface area contributed by atoms with Gasteiger partial charge in [-0.15, -0.1) is 0 Å². The van der Waals surface area contributed by atoms with Crippen molar-refractivity contribution in [3.05, 3.63) is 0 Å². The van der Waals surface area contributed by atoms with Gasteiger partial charge in [-0.3, -0.25) is 4.79 Å². The van der Waals surface area contributed by atoms with Crippen molar-refractivity contribution in [2.24, 2.45) is 5.92 Å². The summed E-state index contributed by atoms with van der Waals surface area (Å²) in [4.78, 5) is 11.8. The van der Waals surface area contributed by atoms with Crippen molar-refractivity contribution >= 4 is 5.97 Å². The summed E-state index contributed by atoms with van der Waals surface area (Å²) in [7, 11) is 1.51. The van der Waals surface area contributed by atoms with Gasteiger partial charge in [-0.2, -0.15) is 13.2 Å².